The van der Waals surface area contributed by atoms with Crippen LogP contribution in [0.15, 0.2) is 24.3 Å². The molecule has 0 aliphatic carbocycles. The van der Waals surface area contributed by atoms with Crippen LogP contribution < -0.4 is 26.6 Å². The predicted octanol–water partition coefficient (Wildman–Crippen LogP) is 1.59. The van der Waals surface area contributed by atoms with Gasteiger partial charge in [0.25, 0.3) is 5.91 Å². The molecule has 214 valence electrons. The molecule has 5 atom stereocenters. The molecular formula is C28H41N5O5S. The van der Waals surface area contributed by atoms with Gasteiger partial charge in [0.15, 0.2) is 0 Å². The normalized spacial score (nSPS) is 21.4. The van der Waals surface area contributed by atoms with Crippen LogP contribution in [0, 0.1) is 12.8 Å². The van der Waals surface area contributed by atoms with E-state index in [0.29, 0.717) is 18.2 Å². The number of hydrogen-bond donors (Lipinski definition) is 5. The van der Waals surface area contributed by atoms with Gasteiger partial charge in [-0.1, -0.05) is 50.1 Å². The highest BCUT2D eigenvalue weighted by molar-refractivity contribution is 8.00. The summed E-state index contributed by atoms with van der Waals surface area (Å²) in [6.07, 6.45) is 2.84. The van der Waals surface area contributed by atoms with Crippen molar-refractivity contribution in [3.63, 3.8) is 0 Å². The lowest BCUT2D eigenvalue weighted by Crippen LogP contribution is -2.56. The van der Waals surface area contributed by atoms with E-state index < -0.39 is 29.7 Å². The lowest BCUT2D eigenvalue weighted by atomic mass is 9.98. The molecule has 3 rings (SSSR count). The highest BCUT2D eigenvalue weighted by Gasteiger charge is 2.42. The van der Waals surface area contributed by atoms with Gasteiger partial charge in [0, 0.05) is 30.4 Å². The lowest BCUT2D eigenvalue weighted by molar-refractivity contribution is -0.140. The number of rotatable bonds is 14. The van der Waals surface area contributed by atoms with Gasteiger partial charge in [0.05, 0.1) is 12.1 Å². The number of unbranched alkanes of at least 4 members (excludes halogenated alkanes) is 1. The van der Waals surface area contributed by atoms with Crippen LogP contribution in [-0.4, -0.2) is 71.3 Å². The lowest BCUT2D eigenvalue weighted by Gasteiger charge is -2.25. The molecule has 1 aromatic carbocycles. The Morgan fingerprint density at radius 1 is 1.05 bits per heavy atom. The van der Waals surface area contributed by atoms with Gasteiger partial charge in [0.1, 0.15) is 12.1 Å². The Labute approximate surface area is 234 Å². The summed E-state index contributed by atoms with van der Waals surface area (Å²) in [4.78, 5) is 62.7. The van der Waals surface area contributed by atoms with Crippen molar-refractivity contribution in [3.05, 3.63) is 35.4 Å². The minimum Gasteiger partial charge on any atom is -0.350 e. The number of benzene rings is 1. The first-order chi connectivity index (χ1) is 18.6. The number of urea groups is 1. The van der Waals surface area contributed by atoms with Crippen molar-refractivity contribution < 1.29 is 24.0 Å². The summed E-state index contributed by atoms with van der Waals surface area (Å²) < 4.78 is 0. The minimum atomic E-state index is -1.05. The van der Waals surface area contributed by atoms with E-state index >= 15 is 0 Å². The van der Waals surface area contributed by atoms with Crippen LogP contribution in [0.1, 0.15) is 57.6 Å². The number of likely N-dealkylation sites (N-methyl/N-ethyl adjacent to an activating group) is 1. The smallest absolute Gasteiger partial charge is 0.315 e. The third-order valence-electron chi connectivity index (χ3n) is 7.10. The number of hydrogen-bond acceptors (Lipinski definition) is 6. The molecule has 0 saturated carbocycles. The van der Waals surface area contributed by atoms with E-state index in [2.05, 4.69) is 26.6 Å². The fraction of sp³-hybridized carbons (Fsp3) is 0.607. The van der Waals surface area contributed by atoms with Gasteiger partial charge >= 0.3 is 6.03 Å². The molecule has 2 aliphatic rings. The molecule has 2 fully saturated rings. The van der Waals surface area contributed by atoms with E-state index in [1.54, 1.807) is 6.92 Å². The number of carbonyl (C=O) groups is 5. The molecule has 10 nitrogen and oxygen atoms in total. The maximum atomic E-state index is 13.2. The van der Waals surface area contributed by atoms with Gasteiger partial charge < -0.3 is 26.6 Å². The van der Waals surface area contributed by atoms with Crippen molar-refractivity contribution in [3.8, 4) is 0 Å². The maximum absolute atomic E-state index is 13.2. The number of thioether (sulfide) groups is 1. The highest BCUT2D eigenvalue weighted by atomic mass is 32.2. The summed E-state index contributed by atoms with van der Waals surface area (Å²) in [6, 6.07) is 5.86. The zero-order chi connectivity index (χ0) is 28.5. The number of aryl methyl sites for hydroxylation is 1. The summed E-state index contributed by atoms with van der Waals surface area (Å²) in [7, 11) is 0. The second kappa shape index (κ2) is 14.3. The first kappa shape index (κ1) is 30.5. The molecule has 0 aromatic heterocycles. The Kier molecular flexibility index (Phi) is 11.2. The van der Waals surface area contributed by atoms with E-state index in [4.69, 9.17) is 0 Å². The molecule has 2 aliphatic heterocycles. The average molecular weight is 560 g/mol. The Bertz CT molecular complexity index is 1050. The summed E-state index contributed by atoms with van der Waals surface area (Å²) in [5.74, 6) is -1.53. The quantitative estimate of drug-likeness (QED) is 0.133. The van der Waals surface area contributed by atoms with E-state index in [1.165, 1.54) is 0 Å². The molecular weight excluding hydrogens is 518 g/mol. The van der Waals surface area contributed by atoms with Gasteiger partial charge in [-0.3, -0.25) is 19.2 Å². The fourth-order valence-electron chi connectivity index (χ4n) is 4.89. The van der Waals surface area contributed by atoms with E-state index in [-0.39, 0.29) is 42.8 Å². The topological polar surface area (TPSA) is 146 Å². The minimum absolute atomic E-state index is 0.110. The molecule has 5 N–H and O–H groups in total. The van der Waals surface area contributed by atoms with Crippen molar-refractivity contribution >= 4 is 41.3 Å². The molecule has 0 bridgehead atoms. The first-order valence-electron chi connectivity index (χ1n) is 13.7. The zero-order valence-electron chi connectivity index (χ0n) is 23.2. The number of Topliss-reactive ketones (excluding diaryl/α,β-unsaturated/α-hetero) is 1. The Balaban J connectivity index is 1.53. The van der Waals surface area contributed by atoms with Gasteiger partial charge in [-0.2, -0.15) is 11.8 Å². The van der Waals surface area contributed by atoms with Gasteiger partial charge in [-0.25, -0.2) is 4.79 Å². The molecule has 1 unspecified atom stereocenters. The molecule has 39 heavy (non-hydrogen) atoms. The monoisotopic (exact) mass is 559 g/mol. The number of carbonyl (C=O) groups excluding carboxylic acids is 5. The Morgan fingerprint density at radius 2 is 1.77 bits per heavy atom. The molecule has 0 radical (unpaired) electrons. The van der Waals surface area contributed by atoms with Crippen LogP contribution in [0.25, 0.3) is 0 Å². The maximum Gasteiger partial charge on any atom is 0.315 e. The number of amides is 5. The largest absolute Gasteiger partial charge is 0.350 e. The number of nitrogens with one attached hydrogen (secondary N) is 5. The molecule has 0 spiro atoms. The Hall–Kier alpha value is -3.08. The van der Waals surface area contributed by atoms with Crippen molar-refractivity contribution in [1.29, 1.82) is 0 Å². The fourth-order valence-corrected chi connectivity index (χ4v) is 6.43. The summed E-state index contributed by atoms with van der Waals surface area (Å²) in [5, 5.41) is 14.3. The number of fused-ring (bicyclic) bond motifs is 1. The van der Waals surface area contributed by atoms with Crippen LogP contribution in [0.4, 0.5) is 4.79 Å². The molecule has 11 heteroatoms. The third kappa shape index (κ3) is 8.71. The standard InChI is InChI=1S/C28H41N5O5S/c1-5-29-27(37)25(35)19(14-18-12-10-17(4)11-13-18)30-26(36)23(16(2)3)32-22(34)9-7-6-8-21-24-20(15-39-21)31-28(38)33-24/h10-13,16,19-21,23-24H,5-9,14-15H2,1-4H3,(H,29,37)(H,30,36)(H,32,34)(H2,31,33,38)/t19-,20-,21?,23-,24-/m0/s1. The van der Waals surface area contributed by atoms with Crippen molar-refractivity contribution in [1.82, 2.24) is 26.6 Å². The second-order valence-electron chi connectivity index (χ2n) is 10.6. The van der Waals surface area contributed by atoms with Crippen molar-refractivity contribution in [2.75, 3.05) is 12.3 Å². The van der Waals surface area contributed by atoms with E-state index in [9.17, 15) is 24.0 Å². The van der Waals surface area contributed by atoms with Crippen LogP contribution in [0.3, 0.4) is 0 Å². The van der Waals surface area contributed by atoms with Crippen LogP contribution in [-0.2, 0) is 25.6 Å². The van der Waals surface area contributed by atoms with Crippen LogP contribution in [0.5, 0.6) is 0 Å². The highest BCUT2D eigenvalue weighted by Crippen LogP contribution is 2.33. The number of ketones is 1. The summed E-state index contributed by atoms with van der Waals surface area (Å²) >= 11 is 1.84. The third-order valence-corrected chi connectivity index (χ3v) is 8.61. The van der Waals surface area contributed by atoms with Crippen LogP contribution >= 0.6 is 11.8 Å². The first-order valence-corrected chi connectivity index (χ1v) is 14.8. The van der Waals surface area contributed by atoms with Gasteiger partial charge in [-0.15, -0.1) is 0 Å². The van der Waals surface area contributed by atoms with Crippen molar-refractivity contribution in [2.45, 2.75) is 89.2 Å². The summed E-state index contributed by atoms with van der Waals surface area (Å²) in [5.41, 5.74) is 1.87. The van der Waals surface area contributed by atoms with Crippen LogP contribution in [0.2, 0.25) is 0 Å². The molecule has 5 amide bonds. The molecule has 1 aromatic rings. The van der Waals surface area contributed by atoms with E-state index in [0.717, 1.165) is 29.7 Å². The van der Waals surface area contributed by atoms with Gasteiger partial charge in [0.2, 0.25) is 17.6 Å². The second-order valence-corrected chi connectivity index (χ2v) is 11.9. The zero-order valence-corrected chi connectivity index (χ0v) is 24.0. The average Bonchev–Trinajstić information content (AvgIpc) is 3.44. The molecule has 2 heterocycles. The Morgan fingerprint density at radius 3 is 2.44 bits per heavy atom. The van der Waals surface area contributed by atoms with E-state index in [1.807, 2.05) is 56.8 Å². The van der Waals surface area contributed by atoms with Crippen molar-refractivity contribution in [2.24, 2.45) is 5.92 Å². The summed E-state index contributed by atoms with van der Waals surface area (Å²) in [6.45, 7) is 7.61. The SMILES string of the molecule is CCNC(=O)C(=O)[C@H](Cc1ccc(C)cc1)NC(=O)[C@@H](NC(=O)CCCCC1SC[C@@H]2NC(=O)N[C@H]12)C(C)C. The predicted molar refractivity (Wildman–Crippen MR) is 151 cm³/mol. The molecule has 2 saturated heterocycles. The van der Waals surface area contributed by atoms with Gasteiger partial charge in [-0.05, 0) is 38.2 Å².